The standard InChI is InChI=1S/C19H16F6N2O2/c1-27(17(29)14-3-2-4-15(9-14)19(23,24)25)10-12-5-7-13(8-6-12)16(28)26-11-18(20,21)22/h2-9H,10-11H2,1H3,(H,26,28). The van der Waals surface area contributed by atoms with E-state index < -0.39 is 36.3 Å². The van der Waals surface area contributed by atoms with E-state index in [-0.39, 0.29) is 17.7 Å². The van der Waals surface area contributed by atoms with Crippen LogP contribution in [0.3, 0.4) is 0 Å². The Kier molecular flexibility index (Phi) is 6.55. The Morgan fingerprint density at radius 3 is 2.10 bits per heavy atom. The first-order valence-electron chi connectivity index (χ1n) is 8.23. The van der Waals surface area contributed by atoms with Gasteiger partial charge in [-0.15, -0.1) is 0 Å². The largest absolute Gasteiger partial charge is 0.416 e. The topological polar surface area (TPSA) is 49.4 Å². The van der Waals surface area contributed by atoms with Crippen molar-refractivity contribution >= 4 is 11.8 Å². The van der Waals surface area contributed by atoms with Crippen molar-refractivity contribution in [3.05, 3.63) is 70.8 Å². The van der Waals surface area contributed by atoms with E-state index in [1.807, 2.05) is 0 Å². The highest BCUT2D eigenvalue weighted by Gasteiger charge is 2.31. The van der Waals surface area contributed by atoms with E-state index in [1.165, 1.54) is 42.3 Å². The number of nitrogens with zero attached hydrogens (tertiary/aromatic N) is 1. The molecule has 0 fully saturated rings. The molecule has 156 valence electrons. The lowest BCUT2D eigenvalue weighted by atomic mass is 10.1. The molecule has 0 atom stereocenters. The number of alkyl halides is 6. The second-order valence-electron chi connectivity index (χ2n) is 6.23. The third-order valence-electron chi connectivity index (χ3n) is 3.87. The Hall–Kier alpha value is -3.04. The number of hydrogen-bond donors (Lipinski definition) is 1. The van der Waals surface area contributed by atoms with Gasteiger partial charge >= 0.3 is 12.4 Å². The van der Waals surface area contributed by atoms with Crippen molar-refractivity contribution in [1.82, 2.24) is 10.2 Å². The summed E-state index contributed by atoms with van der Waals surface area (Å²) >= 11 is 0. The fraction of sp³-hybridized carbons (Fsp3) is 0.263. The Labute approximate surface area is 162 Å². The Bertz CT molecular complexity index is 876. The van der Waals surface area contributed by atoms with Gasteiger partial charge in [-0.2, -0.15) is 26.3 Å². The van der Waals surface area contributed by atoms with Crippen LogP contribution in [0, 0.1) is 0 Å². The lowest BCUT2D eigenvalue weighted by Crippen LogP contribution is -2.33. The molecule has 0 saturated heterocycles. The van der Waals surface area contributed by atoms with Gasteiger partial charge in [0.2, 0.25) is 0 Å². The molecular weight excluding hydrogens is 402 g/mol. The van der Waals surface area contributed by atoms with Crippen molar-refractivity contribution in [3.8, 4) is 0 Å². The summed E-state index contributed by atoms with van der Waals surface area (Å²) in [6.45, 7) is -1.43. The number of halogens is 6. The molecule has 1 N–H and O–H groups in total. The maximum atomic E-state index is 12.8. The molecular formula is C19H16F6N2O2. The highest BCUT2D eigenvalue weighted by atomic mass is 19.4. The molecule has 0 radical (unpaired) electrons. The van der Waals surface area contributed by atoms with Crippen LogP contribution in [-0.2, 0) is 12.7 Å². The SMILES string of the molecule is CN(Cc1ccc(C(=O)NCC(F)(F)F)cc1)C(=O)c1cccc(C(F)(F)F)c1. The molecule has 0 heterocycles. The minimum atomic E-state index is -4.57. The summed E-state index contributed by atoms with van der Waals surface area (Å²) in [4.78, 5) is 25.2. The first-order chi connectivity index (χ1) is 13.4. The molecule has 10 heteroatoms. The molecule has 2 aromatic carbocycles. The summed E-state index contributed by atoms with van der Waals surface area (Å²) in [6, 6.07) is 9.50. The van der Waals surface area contributed by atoms with Crippen LogP contribution in [0.2, 0.25) is 0 Å². The zero-order valence-corrected chi connectivity index (χ0v) is 15.1. The first-order valence-corrected chi connectivity index (χ1v) is 8.23. The molecule has 0 aliphatic carbocycles. The third-order valence-corrected chi connectivity index (χ3v) is 3.87. The Morgan fingerprint density at radius 2 is 1.55 bits per heavy atom. The smallest absolute Gasteiger partial charge is 0.343 e. The third kappa shape index (κ3) is 6.51. The van der Waals surface area contributed by atoms with Gasteiger partial charge in [0.25, 0.3) is 11.8 Å². The monoisotopic (exact) mass is 418 g/mol. The molecule has 2 rings (SSSR count). The van der Waals surface area contributed by atoms with Crippen LogP contribution in [0.1, 0.15) is 31.8 Å². The van der Waals surface area contributed by atoms with Crippen LogP contribution >= 0.6 is 0 Å². The van der Waals surface area contributed by atoms with E-state index in [0.29, 0.717) is 5.56 Å². The molecule has 2 amide bonds. The molecule has 0 bridgehead atoms. The quantitative estimate of drug-likeness (QED) is 0.738. The fourth-order valence-electron chi connectivity index (χ4n) is 2.44. The van der Waals surface area contributed by atoms with E-state index >= 15 is 0 Å². The van der Waals surface area contributed by atoms with Crippen LogP contribution in [0.5, 0.6) is 0 Å². The molecule has 0 saturated carbocycles. The van der Waals surface area contributed by atoms with Gasteiger partial charge in [-0.1, -0.05) is 18.2 Å². The zero-order valence-electron chi connectivity index (χ0n) is 15.1. The van der Waals surface area contributed by atoms with Crippen LogP contribution in [0.4, 0.5) is 26.3 Å². The van der Waals surface area contributed by atoms with E-state index in [9.17, 15) is 35.9 Å². The lowest BCUT2D eigenvalue weighted by Gasteiger charge is -2.18. The minimum Gasteiger partial charge on any atom is -0.343 e. The average Bonchev–Trinajstić information content (AvgIpc) is 2.65. The van der Waals surface area contributed by atoms with Gasteiger partial charge in [-0.05, 0) is 35.9 Å². The Balaban J connectivity index is 2.03. The van der Waals surface area contributed by atoms with Crippen molar-refractivity contribution in [3.63, 3.8) is 0 Å². The second-order valence-corrected chi connectivity index (χ2v) is 6.23. The van der Waals surface area contributed by atoms with E-state index in [0.717, 1.165) is 18.2 Å². The number of carbonyl (C=O) groups is 2. The zero-order chi connectivity index (χ0) is 21.8. The van der Waals surface area contributed by atoms with Crippen molar-refractivity contribution in [2.75, 3.05) is 13.6 Å². The Morgan fingerprint density at radius 1 is 0.931 bits per heavy atom. The highest BCUT2D eigenvalue weighted by molar-refractivity contribution is 5.95. The fourth-order valence-corrected chi connectivity index (χ4v) is 2.44. The van der Waals surface area contributed by atoms with E-state index in [4.69, 9.17) is 0 Å². The highest BCUT2D eigenvalue weighted by Crippen LogP contribution is 2.29. The summed E-state index contributed by atoms with van der Waals surface area (Å²) < 4.78 is 74.7. The molecule has 0 unspecified atom stereocenters. The van der Waals surface area contributed by atoms with Gasteiger partial charge in [0.15, 0.2) is 0 Å². The van der Waals surface area contributed by atoms with Crippen molar-refractivity contribution < 1.29 is 35.9 Å². The molecule has 29 heavy (non-hydrogen) atoms. The number of hydrogen-bond acceptors (Lipinski definition) is 2. The van der Waals surface area contributed by atoms with Gasteiger partial charge in [0.1, 0.15) is 6.54 Å². The molecule has 0 aliphatic rings. The van der Waals surface area contributed by atoms with Crippen molar-refractivity contribution in [2.45, 2.75) is 18.9 Å². The van der Waals surface area contributed by atoms with Gasteiger partial charge in [0.05, 0.1) is 5.56 Å². The van der Waals surface area contributed by atoms with Gasteiger partial charge in [-0.3, -0.25) is 9.59 Å². The molecule has 0 aliphatic heterocycles. The summed E-state index contributed by atoms with van der Waals surface area (Å²) in [6.07, 6.45) is -9.10. The molecule has 0 spiro atoms. The summed E-state index contributed by atoms with van der Waals surface area (Å²) in [5.41, 5.74) is -0.526. The summed E-state index contributed by atoms with van der Waals surface area (Å²) in [7, 11) is 1.40. The number of rotatable bonds is 5. The number of nitrogens with one attached hydrogen (secondary N) is 1. The van der Waals surface area contributed by atoms with Crippen LogP contribution < -0.4 is 5.32 Å². The second kappa shape index (κ2) is 8.54. The maximum absolute atomic E-state index is 12.8. The average molecular weight is 418 g/mol. The molecule has 4 nitrogen and oxygen atoms in total. The van der Waals surface area contributed by atoms with Crippen molar-refractivity contribution in [2.24, 2.45) is 0 Å². The molecule has 2 aromatic rings. The number of benzene rings is 2. The van der Waals surface area contributed by atoms with Gasteiger partial charge < -0.3 is 10.2 Å². The van der Waals surface area contributed by atoms with Gasteiger partial charge in [-0.25, -0.2) is 0 Å². The van der Waals surface area contributed by atoms with Crippen LogP contribution in [-0.4, -0.2) is 36.5 Å². The van der Waals surface area contributed by atoms with E-state index in [2.05, 4.69) is 0 Å². The maximum Gasteiger partial charge on any atom is 0.416 e. The molecule has 0 aromatic heterocycles. The summed E-state index contributed by atoms with van der Waals surface area (Å²) in [5.74, 6) is -1.54. The van der Waals surface area contributed by atoms with Crippen molar-refractivity contribution in [1.29, 1.82) is 0 Å². The van der Waals surface area contributed by atoms with Crippen LogP contribution in [0.25, 0.3) is 0 Å². The predicted octanol–water partition coefficient (Wildman–Crippen LogP) is 4.27. The van der Waals surface area contributed by atoms with E-state index in [1.54, 1.807) is 5.32 Å². The first kappa shape index (κ1) is 22.3. The minimum absolute atomic E-state index is 0.00450. The normalized spacial score (nSPS) is 11.8. The number of amides is 2. The van der Waals surface area contributed by atoms with Crippen LogP contribution in [0.15, 0.2) is 48.5 Å². The lowest BCUT2D eigenvalue weighted by molar-refractivity contribution is -0.137. The number of carbonyl (C=O) groups excluding carboxylic acids is 2. The van der Waals surface area contributed by atoms with Gasteiger partial charge in [0, 0.05) is 24.7 Å². The summed E-state index contributed by atoms with van der Waals surface area (Å²) in [5, 5.41) is 1.74. The predicted molar refractivity (Wildman–Crippen MR) is 92.1 cm³/mol.